The summed E-state index contributed by atoms with van der Waals surface area (Å²) in [4.78, 5) is 10.8. The van der Waals surface area contributed by atoms with Gasteiger partial charge in [0.1, 0.15) is 5.82 Å². The second kappa shape index (κ2) is 4.57. The minimum absolute atomic E-state index is 0.492. The Kier molecular flexibility index (Phi) is 3.16. The fourth-order valence-electron chi connectivity index (χ4n) is 2.07. The summed E-state index contributed by atoms with van der Waals surface area (Å²) in [7, 11) is 0. The molecule has 1 saturated heterocycles. The van der Waals surface area contributed by atoms with Crippen molar-refractivity contribution in [3.8, 4) is 0 Å². The van der Waals surface area contributed by atoms with Gasteiger partial charge in [0.25, 0.3) is 0 Å². The summed E-state index contributed by atoms with van der Waals surface area (Å²) in [6.07, 6.45) is 6.00. The van der Waals surface area contributed by atoms with Crippen LogP contribution < -0.4 is 5.73 Å². The van der Waals surface area contributed by atoms with E-state index in [2.05, 4.69) is 21.8 Å². The first-order valence-electron chi connectivity index (χ1n) is 5.56. The van der Waals surface area contributed by atoms with Crippen LogP contribution in [0.2, 0.25) is 0 Å². The van der Waals surface area contributed by atoms with Crippen LogP contribution in [0.15, 0.2) is 12.4 Å². The molecule has 15 heavy (non-hydrogen) atoms. The van der Waals surface area contributed by atoms with E-state index >= 15 is 0 Å². The van der Waals surface area contributed by atoms with Crippen LogP contribution in [-0.2, 0) is 6.54 Å². The zero-order valence-corrected chi connectivity index (χ0v) is 9.19. The van der Waals surface area contributed by atoms with Crippen molar-refractivity contribution in [2.45, 2.75) is 26.3 Å². The van der Waals surface area contributed by atoms with Crippen molar-refractivity contribution in [2.75, 3.05) is 18.8 Å². The van der Waals surface area contributed by atoms with Gasteiger partial charge >= 0.3 is 0 Å². The SMILES string of the molecule is CCC1CCN(Cc2cnc(N)cn2)C1. The highest BCUT2D eigenvalue weighted by atomic mass is 15.2. The maximum absolute atomic E-state index is 5.49. The minimum atomic E-state index is 0.492. The van der Waals surface area contributed by atoms with Gasteiger partial charge in [-0.1, -0.05) is 13.3 Å². The topological polar surface area (TPSA) is 55.0 Å². The van der Waals surface area contributed by atoms with Crippen molar-refractivity contribution in [3.05, 3.63) is 18.1 Å². The molecule has 0 aliphatic carbocycles. The van der Waals surface area contributed by atoms with Crippen molar-refractivity contribution >= 4 is 5.82 Å². The smallest absolute Gasteiger partial charge is 0.141 e. The van der Waals surface area contributed by atoms with Gasteiger partial charge in [-0.3, -0.25) is 9.88 Å². The van der Waals surface area contributed by atoms with Crippen LogP contribution in [-0.4, -0.2) is 28.0 Å². The minimum Gasteiger partial charge on any atom is -0.382 e. The number of nitrogen functional groups attached to an aromatic ring is 1. The van der Waals surface area contributed by atoms with Gasteiger partial charge in [-0.15, -0.1) is 0 Å². The van der Waals surface area contributed by atoms with Gasteiger partial charge < -0.3 is 5.73 Å². The van der Waals surface area contributed by atoms with Crippen LogP contribution in [0, 0.1) is 5.92 Å². The Morgan fingerprint density at radius 1 is 1.47 bits per heavy atom. The third-order valence-corrected chi connectivity index (χ3v) is 3.06. The van der Waals surface area contributed by atoms with E-state index in [-0.39, 0.29) is 0 Å². The van der Waals surface area contributed by atoms with Crippen molar-refractivity contribution in [1.82, 2.24) is 14.9 Å². The van der Waals surface area contributed by atoms with Crippen LogP contribution in [0.4, 0.5) is 5.82 Å². The summed E-state index contributed by atoms with van der Waals surface area (Å²) in [5.41, 5.74) is 6.51. The van der Waals surface area contributed by atoms with E-state index in [1.165, 1.54) is 25.9 Å². The standard InChI is InChI=1S/C11H18N4/c1-2-9-3-4-15(7-9)8-10-5-14-11(12)6-13-10/h5-6,9H,2-4,7-8H2,1H3,(H2,12,14). The second-order valence-corrected chi connectivity index (χ2v) is 4.23. The van der Waals surface area contributed by atoms with E-state index in [1.807, 2.05) is 0 Å². The first-order valence-corrected chi connectivity index (χ1v) is 5.56. The van der Waals surface area contributed by atoms with E-state index in [0.29, 0.717) is 5.82 Å². The summed E-state index contributed by atoms with van der Waals surface area (Å²) in [6, 6.07) is 0. The zero-order valence-electron chi connectivity index (χ0n) is 9.19. The lowest BCUT2D eigenvalue weighted by Gasteiger charge is -2.14. The maximum atomic E-state index is 5.49. The largest absolute Gasteiger partial charge is 0.382 e. The molecular formula is C11H18N4. The molecule has 0 aromatic carbocycles. The fraction of sp³-hybridized carbons (Fsp3) is 0.636. The zero-order chi connectivity index (χ0) is 10.7. The van der Waals surface area contributed by atoms with E-state index in [9.17, 15) is 0 Å². The van der Waals surface area contributed by atoms with Crippen LogP contribution in [0.3, 0.4) is 0 Å². The molecule has 1 atom stereocenters. The monoisotopic (exact) mass is 206 g/mol. The first kappa shape index (κ1) is 10.4. The van der Waals surface area contributed by atoms with Gasteiger partial charge in [0.05, 0.1) is 18.1 Å². The third kappa shape index (κ3) is 2.65. The molecule has 0 spiro atoms. The molecule has 1 fully saturated rings. The number of likely N-dealkylation sites (tertiary alicyclic amines) is 1. The third-order valence-electron chi connectivity index (χ3n) is 3.06. The number of anilines is 1. The van der Waals surface area contributed by atoms with E-state index in [1.54, 1.807) is 12.4 Å². The first-order chi connectivity index (χ1) is 7.28. The Balaban J connectivity index is 1.90. The molecule has 4 heteroatoms. The lowest BCUT2D eigenvalue weighted by atomic mass is 10.1. The number of nitrogens with zero attached hydrogens (tertiary/aromatic N) is 3. The highest BCUT2D eigenvalue weighted by Gasteiger charge is 2.20. The number of aromatic nitrogens is 2. The van der Waals surface area contributed by atoms with Gasteiger partial charge in [-0.2, -0.15) is 0 Å². The van der Waals surface area contributed by atoms with Crippen molar-refractivity contribution in [1.29, 1.82) is 0 Å². The number of hydrogen-bond acceptors (Lipinski definition) is 4. The van der Waals surface area contributed by atoms with Crippen LogP contribution in [0.1, 0.15) is 25.5 Å². The number of rotatable bonds is 3. The van der Waals surface area contributed by atoms with E-state index in [4.69, 9.17) is 5.73 Å². The molecule has 1 unspecified atom stereocenters. The summed E-state index contributed by atoms with van der Waals surface area (Å²) in [5, 5.41) is 0. The van der Waals surface area contributed by atoms with Crippen molar-refractivity contribution < 1.29 is 0 Å². The summed E-state index contributed by atoms with van der Waals surface area (Å²) in [6.45, 7) is 5.55. The molecule has 2 N–H and O–H groups in total. The Labute approximate surface area is 90.5 Å². The Morgan fingerprint density at radius 3 is 2.93 bits per heavy atom. The Bertz CT molecular complexity index is 309. The van der Waals surface area contributed by atoms with Crippen LogP contribution in [0.25, 0.3) is 0 Å². The number of hydrogen-bond donors (Lipinski definition) is 1. The molecular weight excluding hydrogens is 188 g/mol. The van der Waals surface area contributed by atoms with Gasteiger partial charge in [0.2, 0.25) is 0 Å². The highest BCUT2D eigenvalue weighted by Crippen LogP contribution is 2.20. The van der Waals surface area contributed by atoms with Crippen LogP contribution in [0.5, 0.6) is 0 Å². The Morgan fingerprint density at radius 2 is 2.33 bits per heavy atom. The molecule has 2 heterocycles. The van der Waals surface area contributed by atoms with Crippen molar-refractivity contribution in [2.24, 2.45) is 5.92 Å². The normalized spacial score (nSPS) is 22.1. The molecule has 0 saturated carbocycles. The predicted octanol–water partition coefficient (Wildman–Crippen LogP) is 1.29. The quantitative estimate of drug-likeness (QED) is 0.809. The molecule has 1 aliphatic heterocycles. The molecule has 82 valence electrons. The molecule has 1 aromatic rings. The molecule has 1 aromatic heterocycles. The van der Waals surface area contributed by atoms with E-state index in [0.717, 1.165) is 18.2 Å². The summed E-state index contributed by atoms with van der Waals surface area (Å²) < 4.78 is 0. The van der Waals surface area contributed by atoms with Crippen molar-refractivity contribution in [3.63, 3.8) is 0 Å². The molecule has 2 rings (SSSR count). The molecule has 4 nitrogen and oxygen atoms in total. The van der Waals surface area contributed by atoms with Crippen LogP contribution >= 0.6 is 0 Å². The molecule has 1 aliphatic rings. The molecule has 0 bridgehead atoms. The summed E-state index contributed by atoms with van der Waals surface area (Å²) >= 11 is 0. The fourth-order valence-corrected chi connectivity index (χ4v) is 2.07. The second-order valence-electron chi connectivity index (χ2n) is 4.23. The van der Waals surface area contributed by atoms with Gasteiger partial charge in [0.15, 0.2) is 0 Å². The average molecular weight is 206 g/mol. The summed E-state index contributed by atoms with van der Waals surface area (Å²) in [5.74, 6) is 1.36. The maximum Gasteiger partial charge on any atom is 0.141 e. The van der Waals surface area contributed by atoms with Gasteiger partial charge in [0, 0.05) is 13.1 Å². The highest BCUT2D eigenvalue weighted by molar-refractivity contribution is 5.22. The van der Waals surface area contributed by atoms with E-state index < -0.39 is 0 Å². The lowest BCUT2D eigenvalue weighted by Crippen LogP contribution is -2.20. The molecule has 0 amide bonds. The van der Waals surface area contributed by atoms with Gasteiger partial charge in [-0.25, -0.2) is 4.98 Å². The molecule has 0 radical (unpaired) electrons. The predicted molar refractivity (Wildman–Crippen MR) is 60.1 cm³/mol. The number of nitrogens with two attached hydrogens (primary N) is 1. The lowest BCUT2D eigenvalue weighted by molar-refractivity contribution is 0.311. The average Bonchev–Trinajstić information content (AvgIpc) is 2.69. The van der Waals surface area contributed by atoms with Gasteiger partial charge in [-0.05, 0) is 18.9 Å². The Hall–Kier alpha value is -1.16.